The number of hydrogen-bond donors (Lipinski definition) is 1. The molecule has 0 radical (unpaired) electrons. The Balaban J connectivity index is 1.51. The second-order valence-electron chi connectivity index (χ2n) is 6.18. The van der Waals surface area contributed by atoms with Crippen molar-refractivity contribution in [3.8, 4) is 0 Å². The molecule has 0 spiro atoms. The summed E-state index contributed by atoms with van der Waals surface area (Å²) in [5.41, 5.74) is 1.68. The highest BCUT2D eigenvalue weighted by Gasteiger charge is 2.21. The first kappa shape index (κ1) is 18.1. The molecule has 0 aliphatic carbocycles. The van der Waals surface area contributed by atoms with E-state index in [1.165, 1.54) is 11.8 Å². The van der Waals surface area contributed by atoms with Crippen molar-refractivity contribution in [2.45, 2.75) is 29.9 Å². The molecule has 138 valence electrons. The topological polar surface area (TPSA) is 64.0 Å². The van der Waals surface area contributed by atoms with Gasteiger partial charge in [0.25, 0.3) is 5.56 Å². The van der Waals surface area contributed by atoms with Gasteiger partial charge in [0.2, 0.25) is 5.91 Å². The lowest BCUT2D eigenvalue weighted by atomic mass is 10.1. The molecule has 1 N–H and O–H groups in total. The van der Waals surface area contributed by atoms with Gasteiger partial charge in [0.05, 0.1) is 16.3 Å². The van der Waals surface area contributed by atoms with Gasteiger partial charge >= 0.3 is 0 Å². The molecule has 1 aliphatic heterocycles. The quantitative estimate of drug-likeness (QED) is 0.524. The molecule has 1 aromatic heterocycles. The molecule has 0 unspecified atom stereocenters. The summed E-state index contributed by atoms with van der Waals surface area (Å²) in [6.07, 6.45) is 0.815. The standard InChI is InChI=1S/C20H19N3O2S2/c1-2-23-19(25)18-16(10-11-26-18)22-20(23)27-12-17(24)21-15-9-5-7-13-6-3-4-8-14(13)15/h3-9H,2,10-12H2,1H3,(H,21,24). The molecule has 3 aromatic rings. The van der Waals surface area contributed by atoms with Gasteiger partial charge in [-0.3, -0.25) is 14.2 Å². The van der Waals surface area contributed by atoms with Crippen LogP contribution in [-0.4, -0.2) is 27.0 Å². The summed E-state index contributed by atoms with van der Waals surface area (Å²) >= 11 is 2.89. The zero-order chi connectivity index (χ0) is 18.8. The third-order valence-corrected chi connectivity index (χ3v) is 6.54. The number of rotatable bonds is 5. The second-order valence-corrected chi connectivity index (χ2v) is 8.23. The number of nitrogens with zero attached hydrogens (tertiary/aromatic N) is 2. The number of aryl methyl sites for hydroxylation is 1. The van der Waals surface area contributed by atoms with E-state index in [0.717, 1.165) is 39.2 Å². The molecular weight excluding hydrogens is 378 g/mol. The largest absolute Gasteiger partial charge is 0.325 e. The Morgan fingerprint density at radius 3 is 2.93 bits per heavy atom. The van der Waals surface area contributed by atoms with Crippen LogP contribution in [-0.2, 0) is 17.8 Å². The van der Waals surface area contributed by atoms with Gasteiger partial charge in [0.15, 0.2) is 5.16 Å². The minimum atomic E-state index is -0.108. The van der Waals surface area contributed by atoms with Crippen LogP contribution < -0.4 is 10.9 Å². The molecule has 27 heavy (non-hydrogen) atoms. The molecule has 2 heterocycles. The molecule has 4 rings (SSSR count). The smallest absolute Gasteiger partial charge is 0.268 e. The summed E-state index contributed by atoms with van der Waals surface area (Å²) in [6.45, 7) is 2.47. The van der Waals surface area contributed by atoms with E-state index in [1.54, 1.807) is 16.3 Å². The van der Waals surface area contributed by atoms with E-state index in [4.69, 9.17) is 0 Å². The van der Waals surface area contributed by atoms with Crippen molar-refractivity contribution in [3.63, 3.8) is 0 Å². The zero-order valence-corrected chi connectivity index (χ0v) is 16.5. The predicted octanol–water partition coefficient (Wildman–Crippen LogP) is 3.80. The average molecular weight is 398 g/mol. The summed E-state index contributed by atoms with van der Waals surface area (Å²) < 4.78 is 1.66. The van der Waals surface area contributed by atoms with Crippen LogP contribution in [0, 0.1) is 0 Å². The van der Waals surface area contributed by atoms with Gasteiger partial charge in [-0.05, 0) is 18.4 Å². The maximum absolute atomic E-state index is 12.6. The number of benzene rings is 2. The number of hydrogen-bond acceptors (Lipinski definition) is 5. The molecule has 0 bridgehead atoms. The normalized spacial score (nSPS) is 12.9. The first-order chi connectivity index (χ1) is 13.2. The van der Waals surface area contributed by atoms with Crippen LogP contribution in [0.25, 0.3) is 10.8 Å². The zero-order valence-electron chi connectivity index (χ0n) is 14.9. The van der Waals surface area contributed by atoms with Gasteiger partial charge < -0.3 is 5.32 Å². The van der Waals surface area contributed by atoms with Gasteiger partial charge in [-0.25, -0.2) is 4.98 Å². The number of carbonyl (C=O) groups excluding carboxylic acids is 1. The van der Waals surface area contributed by atoms with Crippen LogP contribution in [0.2, 0.25) is 0 Å². The maximum Gasteiger partial charge on any atom is 0.268 e. The Labute approximate surface area is 165 Å². The molecule has 5 nitrogen and oxygen atoms in total. The Bertz CT molecular complexity index is 1070. The number of thioether (sulfide) groups is 2. The van der Waals surface area contributed by atoms with Gasteiger partial charge in [-0.15, -0.1) is 11.8 Å². The van der Waals surface area contributed by atoms with Gasteiger partial charge in [-0.2, -0.15) is 0 Å². The fraction of sp³-hybridized carbons (Fsp3) is 0.250. The van der Waals surface area contributed by atoms with Crippen LogP contribution in [0.15, 0.2) is 57.3 Å². The molecule has 1 aliphatic rings. The fourth-order valence-electron chi connectivity index (χ4n) is 3.16. The van der Waals surface area contributed by atoms with E-state index in [2.05, 4.69) is 10.3 Å². The highest BCUT2D eigenvalue weighted by atomic mass is 32.2. The molecule has 2 aromatic carbocycles. The van der Waals surface area contributed by atoms with Gasteiger partial charge in [0, 0.05) is 29.8 Å². The Morgan fingerprint density at radius 2 is 2.07 bits per heavy atom. The SMILES string of the molecule is CCn1c(SCC(=O)Nc2cccc3ccccc23)nc2c(c1=O)SCC2. The van der Waals surface area contributed by atoms with Crippen molar-refractivity contribution in [2.24, 2.45) is 0 Å². The van der Waals surface area contributed by atoms with E-state index < -0.39 is 0 Å². The summed E-state index contributed by atoms with van der Waals surface area (Å²) in [5, 5.41) is 5.70. The maximum atomic E-state index is 12.6. The molecule has 7 heteroatoms. The summed E-state index contributed by atoms with van der Waals surface area (Å²) in [7, 11) is 0. The summed E-state index contributed by atoms with van der Waals surface area (Å²) in [4.78, 5) is 30.5. The van der Waals surface area contributed by atoms with E-state index in [9.17, 15) is 9.59 Å². The van der Waals surface area contributed by atoms with Crippen molar-refractivity contribution in [1.29, 1.82) is 0 Å². The monoisotopic (exact) mass is 397 g/mol. The average Bonchev–Trinajstić information content (AvgIpc) is 3.16. The van der Waals surface area contributed by atoms with E-state index >= 15 is 0 Å². The van der Waals surface area contributed by atoms with Crippen molar-refractivity contribution in [2.75, 3.05) is 16.8 Å². The summed E-state index contributed by atoms with van der Waals surface area (Å²) in [6, 6.07) is 13.8. The third-order valence-electron chi connectivity index (χ3n) is 4.46. The first-order valence-electron chi connectivity index (χ1n) is 8.84. The number of nitrogens with one attached hydrogen (secondary N) is 1. The molecule has 0 atom stereocenters. The number of fused-ring (bicyclic) bond motifs is 2. The number of amides is 1. The number of aromatic nitrogens is 2. The molecule has 0 fully saturated rings. The molecular formula is C20H19N3O2S2. The van der Waals surface area contributed by atoms with E-state index in [0.29, 0.717) is 11.7 Å². The highest BCUT2D eigenvalue weighted by molar-refractivity contribution is 8.00. The van der Waals surface area contributed by atoms with Crippen LogP contribution in [0.4, 0.5) is 5.69 Å². The van der Waals surface area contributed by atoms with E-state index in [-0.39, 0.29) is 17.2 Å². The van der Waals surface area contributed by atoms with Crippen LogP contribution in [0.3, 0.4) is 0 Å². The van der Waals surface area contributed by atoms with Crippen LogP contribution in [0.5, 0.6) is 0 Å². The van der Waals surface area contributed by atoms with Crippen molar-refractivity contribution in [3.05, 3.63) is 58.5 Å². The van der Waals surface area contributed by atoms with Gasteiger partial charge in [0.1, 0.15) is 0 Å². The summed E-state index contributed by atoms with van der Waals surface area (Å²) in [5.74, 6) is 1.00. The minimum absolute atomic E-state index is 0.0157. The Morgan fingerprint density at radius 1 is 1.26 bits per heavy atom. The molecule has 0 saturated heterocycles. The molecule has 0 saturated carbocycles. The number of anilines is 1. The second kappa shape index (κ2) is 7.78. The highest BCUT2D eigenvalue weighted by Crippen LogP contribution is 2.29. The van der Waals surface area contributed by atoms with Crippen molar-refractivity contribution < 1.29 is 4.79 Å². The van der Waals surface area contributed by atoms with E-state index in [1.807, 2.05) is 49.4 Å². The fourth-order valence-corrected chi connectivity index (χ4v) is 5.09. The van der Waals surface area contributed by atoms with Crippen LogP contribution >= 0.6 is 23.5 Å². The molecule has 1 amide bonds. The van der Waals surface area contributed by atoms with Crippen molar-refractivity contribution in [1.82, 2.24) is 9.55 Å². The lowest BCUT2D eigenvalue weighted by Crippen LogP contribution is -2.25. The predicted molar refractivity (Wildman–Crippen MR) is 112 cm³/mol. The third kappa shape index (κ3) is 3.61. The lowest BCUT2D eigenvalue weighted by molar-refractivity contribution is -0.113. The minimum Gasteiger partial charge on any atom is -0.325 e. The Hall–Kier alpha value is -2.25. The lowest BCUT2D eigenvalue weighted by Gasteiger charge is -2.12. The first-order valence-corrected chi connectivity index (χ1v) is 10.8. The van der Waals surface area contributed by atoms with Crippen LogP contribution in [0.1, 0.15) is 12.6 Å². The number of carbonyl (C=O) groups is 1. The van der Waals surface area contributed by atoms with Gasteiger partial charge in [-0.1, -0.05) is 48.2 Å². The Kier molecular flexibility index (Phi) is 5.22. The van der Waals surface area contributed by atoms with Crippen molar-refractivity contribution >= 4 is 45.9 Å².